The van der Waals surface area contributed by atoms with E-state index in [1.807, 2.05) is 30.1 Å². The lowest BCUT2D eigenvalue weighted by molar-refractivity contribution is -0.0977. The molecule has 0 radical (unpaired) electrons. The van der Waals surface area contributed by atoms with Crippen LogP contribution in [0.5, 0.6) is 0 Å². The summed E-state index contributed by atoms with van der Waals surface area (Å²) >= 11 is 6.75. The van der Waals surface area contributed by atoms with Gasteiger partial charge in [0.2, 0.25) is 0 Å². The van der Waals surface area contributed by atoms with Crippen LogP contribution in [0, 0.1) is 5.92 Å². The van der Waals surface area contributed by atoms with Crippen LogP contribution in [0.1, 0.15) is 33.1 Å². The molecule has 5 fully saturated rings. The molecular weight excluding hydrogens is 452 g/mol. The molecule has 2 aromatic heterocycles. The highest BCUT2D eigenvalue weighted by Crippen LogP contribution is 2.62. The number of halogens is 1. The molecule has 34 heavy (non-hydrogen) atoms. The summed E-state index contributed by atoms with van der Waals surface area (Å²) in [6, 6.07) is 4.18. The van der Waals surface area contributed by atoms with E-state index < -0.39 is 5.60 Å². The highest BCUT2D eigenvalue weighted by Gasteiger charge is 2.58. The lowest BCUT2D eigenvalue weighted by Gasteiger charge is -2.61. The van der Waals surface area contributed by atoms with Gasteiger partial charge in [-0.25, -0.2) is 4.68 Å². The summed E-state index contributed by atoms with van der Waals surface area (Å²) in [6.45, 7) is 8.31. The van der Waals surface area contributed by atoms with Crippen LogP contribution in [0.4, 0.5) is 5.69 Å². The van der Waals surface area contributed by atoms with Gasteiger partial charge in [0, 0.05) is 31.6 Å². The van der Waals surface area contributed by atoms with Crippen molar-refractivity contribution >= 4 is 28.2 Å². The van der Waals surface area contributed by atoms with Gasteiger partial charge in [0.05, 0.1) is 59.1 Å². The Morgan fingerprint density at radius 2 is 1.79 bits per heavy atom. The van der Waals surface area contributed by atoms with Gasteiger partial charge in [-0.2, -0.15) is 10.2 Å². The summed E-state index contributed by atoms with van der Waals surface area (Å²) in [7, 11) is 0. The van der Waals surface area contributed by atoms with Gasteiger partial charge in [-0.3, -0.25) is 9.58 Å². The smallest absolute Gasteiger partial charge is 0.105 e. The van der Waals surface area contributed by atoms with Gasteiger partial charge in [0.25, 0.3) is 0 Å². The SMILES string of the molecule is CC1(O)COCC1(C)N1CCN(c2cc3c(cnn3-c3cnn(C45CC(C4)C5)c3)cc2Cl)CC1. The third kappa shape index (κ3) is 2.83. The fourth-order valence-corrected chi connectivity index (χ4v) is 6.80. The molecule has 1 N–H and O–H groups in total. The van der Waals surface area contributed by atoms with Gasteiger partial charge in [0.15, 0.2) is 0 Å². The van der Waals surface area contributed by atoms with Crippen LogP contribution in [0.2, 0.25) is 5.02 Å². The third-order valence-corrected chi connectivity index (χ3v) is 9.49. The van der Waals surface area contributed by atoms with Gasteiger partial charge in [0.1, 0.15) is 11.3 Å². The Hall–Kier alpha value is -2.13. The van der Waals surface area contributed by atoms with Crippen molar-refractivity contribution in [2.45, 2.75) is 49.8 Å². The molecule has 2 saturated heterocycles. The lowest BCUT2D eigenvalue weighted by Crippen LogP contribution is -2.65. The first-order chi connectivity index (χ1) is 16.3. The van der Waals surface area contributed by atoms with E-state index in [-0.39, 0.29) is 11.1 Å². The number of aliphatic hydroxyl groups is 1. The molecule has 2 unspecified atom stereocenters. The number of benzene rings is 1. The molecule has 8 nitrogen and oxygen atoms in total. The van der Waals surface area contributed by atoms with Crippen LogP contribution < -0.4 is 4.90 Å². The topological polar surface area (TPSA) is 71.6 Å². The van der Waals surface area contributed by atoms with Crippen LogP contribution >= 0.6 is 11.6 Å². The number of piperazine rings is 1. The molecule has 8 rings (SSSR count). The number of ether oxygens (including phenoxy) is 1. The predicted molar refractivity (Wildman–Crippen MR) is 131 cm³/mol. The summed E-state index contributed by atoms with van der Waals surface area (Å²) in [5, 5.41) is 22.0. The zero-order valence-corrected chi connectivity index (χ0v) is 20.5. The molecule has 4 heterocycles. The predicted octanol–water partition coefficient (Wildman–Crippen LogP) is 3.05. The monoisotopic (exact) mass is 482 g/mol. The first kappa shape index (κ1) is 21.2. The zero-order valence-electron chi connectivity index (χ0n) is 19.7. The molecule has 5 aliphatic rings. The Labute approximate surface area is 204 Å². The van der Waals surface area contributed by atoms with Crippen molar-refractivity contribution in [2.75, 3.05) is 44.3 Å². The van der Waals surface area contributed by atoms with Crippen LogP contribution in [0.25, 0.3) is 16.6 Å². The number of nitrogens with zero attached hydrogens (tertiary/aromatic N) is 6. The molecule has 2 aliphatic heterocycles. The fraction of sp³-hybridized carbons (Fsp3) is 0.600. The number of anilines is 1. The minimum absolute atomic E-state index is 0.270. The molecule has 180 valence electrons. The van der Waals surface area contributed by atoms with Gasteiger partial charge in [-0.15, -0.1) is 0 Å². The molecule has 3 aromatic rings. The van der Waals surface area contributed by atoms with Gasteiger partial charge in [-0.05, 0) is 51.2 Å². The average molecular weight is 483 g/mol. The van der Waals surface area contributed by atoms with Crippen molar-refractivity contribution in [2.24, 2.45) is 5.92 Å². The highest BCUT2D eigenvalue weighted by atomic mass is 35.5. The zero-order chi connectivity index (χ0) is 23.3. The molecular formula is C25H31ClN6O2. The summed E-state index contributed by atoms with van der Waals surface area (Å²) < 4.78 is 9.79. The first-order valence-corrected chi connectivity index (χ1v) is 12.7. The highest BCUT2D eigenvalue weighted by molar-refractivity contribution is 6.34. The molecule has 9 heteroatoms. The summed E-state index contributed by atoms with van der Waals surface area (Å²) in [4.78, 5) is 4.71. The van der Waals surface area contributed by atoms with Crippen LogP contribution in [0.15, 0.2) is 30.7 Å². The minimum Gasteiger partial charge on any atom is -0.386 e. The largest absolute Gasteiger partial charge is 0.386 e. The molecule has 2 bridgehead atoms. The van der Waals surface area contributed by atoms with E-state index in [1.54, 1.807) is 0 Å². The maximum atomic E-state index is 10.9. The number of rotatable bonds is 4. The van der Waals surface area contributed by atoms with Crippen molar-refractivity contribution in [1.82, 2.24) is 24.5 Å². The normalized spacial score (nSPS) is 35.5. The average Bonchev–Trinajstić information content (AvgIpc) is 3.43. The minimum atomic E-state index is -0.845. The second-order valence-corrected chi connectivity index (χ2v) is 11.7. The molecule has 1 aromatic carbocycles. The maximum Gasteiger partial charge on any atom is 0.105 e. The van der Waals surface area contributed by atoms with Crippen molar-refractivity contribution in [3.63, 3.8) is 0 Å². The van der Waals surface area contributed by atoms with Crippen LogP contribution in [-0.2, 0) is 10.3 Å². The number of aromatic nitrogens is 4. The fourth-order valence-electron chi connectivity index (χ4n) is 6.51. The Kier molecular flexibility index (Phi) is 4.34. The van der Waals surface area contributed by atoms with Crippen LogP contribution in [0.3, 0.4) is 0 Å². The lowest BCUT2D eigenvalue weighted by atomic mass is 9.50. The van der Waals surface area contributed by atoms with Crippen molar-refractivity contribution < 1.29 is 9.84 Å². The summed E-state index contributed by atoms with van der Waals surface area (Å²) in [5.41, 5.74) is 2.12. The Bertz CT molecular complexity index is 1260. The standard InChI is InChI=1S/C25H31ClN6O2/c1-23(15-34-16-24(23,2)33)30-5-3-29(4-6-30)22-8-21-18(7-20(22)26)12-28-32(21)19-13-27-31(14-19)25-9-17(10-25)11-25/h7-8,12-14,17,33H,3-6,9-11,15-16H2,1-2H3. The van der Waals surface area contributed by atoms with Crippen LogP contribution in [-0.4, -0.2) is 80.1 Å². The quantitative estimate of drug-likeness (QED) is 0.616. The molecule has 3 saturated carbocycles. The number of fused-ring (bicyclic) bond motifs is 1. The van der Waals surface area contributed by atoms with E-state index in [2.05, 4.69) is 43.9 Å². The molecule has 0 amide bonds. The maximum absolute atomic E-state index is 10.9. The van der Waals surface area contributed by atoms with E-state index in [0.717, 1.165) is 59.4 Å². The van der Waals surface area contributed by atoms with Gasteiger partial charge < -0.3 is 14.7 Å². The Balaban J connectivity index is 1.15. The van der Waals surface area contributed by atoms with E-state index in [0.29, 0.717) is 13.2 Å². The second kappa shape index (κ2) is 6.97. The molecule has 0 spiro atoms. The Morgan fingerprint density at radius 3 is 2.44 bits per heavy atom. The van der Waals surface area contributed by atoms with Crippen molar-refractivity contribution in [3.05, 3.63) is 35.7 Å². The van der Waals surface area contributed by atoms with E-state index in [1.165, 1.54) is 19.3 Å². The van der Waals surface area contributed by atoms with Crippen molar-refractivity contribution in [1.29, 1.82) is 0 Å². The van der Waals surface area contributed by atoms with E-state index in [9.17, 15) is 5.11 Å². The second-order valence-electron chi connectivity index (χ2n) is 11.3. The van der Waals surface area contributed by atoms with Gasteiger partial charge in [-0.1, -0.05) is 11.6 Å². The number of hydrogen-bond donors (Lipinski definition) is 1. The number of hydrogen-bond acceptors (Lipinski definition) is 6. The van der Waals surface area contributed by atoms with E-state index in [4.69, 9.17) is 16.3 Å². The van der Waals surface area contributed by atoms with Crippen molar-refractivity contribution in [3.8, 4) is 5.69 Å². The summed E-state index contributed by atoms with van der Waals surface area (Å²) in [5.74, 6) is 0.915. The van der Waals surface area contributed by atoms with Gasteiger partial charge >= 0.3 is 0 Å². The molecule has 3 aliphatic carbocycles. The molecule has 2 atom stereocenters. The third-order valence-electron chi connectivity index (χ3n) is 9.19. The summed E-state index contributed by atoms with van der Waals surface area (Å²) in [6.07, 6.45) is 9.74. The Morgan fingerprint density at radius 1 is 1.03 bits per heavy atom. The first-order valence-electron chi connectivity index (χ1n) is 12.3. The van der Waals surface area contributed by atoms with E-state index >= 15 is 0 Å².